The monoisotopic (exact) mass is 701 g/mol. The smallest absolute Gasteiger partial charge is 0.389 e. The molecule has 15 heteroatoms. The summed E-state index contributed by atoms with van der Waals surface area (Å²) in [6.45, 7) is 5.28. The maximum atomic E-state index is 14.3. The number of halogens is 3. The van der Waals surface area contributed by atoms with Crippen LogP contribution in [0, 0.1) is 5.92 Å². The van der Waals surface area contributed by atoms with Crippen molar-refractivity contribution in [1.82, 2.24) is 9.80 Å². The first kappa shape index (κ1) is 38.9. The highest BCUT2D eigenvalue weighted by Gasteiger charge is 2.32. The number of alkyl halides is 3. The van der Waals surface area contributed by atoms with Gasteiger partial charge in [-0.3, -0.25) is 14.3 Å². The molecular weight excluding hydrogens is 655 g/mol. The van der Waals surface area contributed by atoms with Crippen LogP contribution < -0.4 is 14.2 Å². The first-order chi connectivity index (χ1) is 22.5. The lowest BCUT2D eigenvalue weighted by molar-refractivity contribution is -0.149. The van der Waals surface area contributed by atoms with Crippen molar-refractivity contribution in [3.63, 3.8) is 0 Å². The summed E-state index contributed by atoms with van der Waals surface area (Å²) in [7, 11) is -1.16. The Morgan fingerprint density at radius 1 is 1.17 bits per heavy atom. The van der Waals surface area contributed by atoms with Crippen molar-refractivity contribution < 1.29 is 50.5 Å². The molecule has 0 saturated carbocycles. The minimum absolute atomic E-state index is 0.000776. The maximum Gasteiger partial charge on any atom is 0.389 e. The number of anilines is 1. The van der Waals surface area contributed by atoms with E-state index in [1.54, 1.807) is 13.8 Å². The van der Waals surface area contributed by atoms with E-state index in [0.29, 0.717) is 31.6 Å². The highest BCUT2D eigenvalue weighted by atomic mass is 32.2. The number of hydrogen-bond donors (Lipinski definition) is 2. The van der Waals surface area contributed by atoms with Gasteiger partial charge in [-0.25, -0.2) is 8.42 Å². The number of sulfonamides is 1. The molecule has 2 N–H and O–H groups in total. The van der Waals surface area contributed by atoms with E-state index in [-0.39, 0.29) is 41.1 Å². The highest BCUT2D eigenvalue weighted by Crippen LogP contribution is 2.30. The number of likely N-dealkylation sites (N-methyl/N-ethyl adjacent to an activating group) is 1. The zero-order valence-electron chi connectivity index (χ0n) is 28.0. The third-order valence-corrected chi connectivity index (χ3v) is 9.57. The van der Waals surface area contributed by atoms with E-state index in [1.807, 2.05) is 6.92 Å². The number of rotatable bonds is 10. The van der Waals surface area contributed by atoms with Gasteiger partial charge >= 0.3 is 6.18 Å². The Balaban J connectivity index is 1.95. The lowest BCUT2D eigenvalue weighted by atomic mass is 10.0. The van der Waals surface area contributed by atoms with Gasteiger partial charge in [0.05, 0.1) is 48.8 Å². The molecule has 0 saturated heterocycles. The highest BCUT2D eigenvalue weighted by molar-refractivity contribution is 7.92. The normalized spacial score (nSPS) is 20.6. The van der Waals surface area contributed by atoms with Crippen molar-refractivity contribution in [3.05, 3.63) is 48.0 Å². The van der Waals surface area contributed by atoms with Crippen LogP contribution in [0.4, 0.5) is 18.9 Å². The summed E-state index contributed by atoms with van der Waals surface area (Å²) in [5.74, 6) is -0.923. The summed E-state index contributed by atoms with van der Waals surface area (Å²) >= 11 is 0. The van der Waals surface area contributed by atoms with Crippen LogP contribution in [-0.4, -0.2) is 100 Å². The maximum absolute atomic E-state index is 14.3. The number of nitrogens with zero attached hydrogens (tertiary/aromatic N) is 2. The fraction of sp³-hybridized carbons (Fsp3) is 0.576. The molecule has 0 bridgehead atoms. The predicted octanol–water partition coefficient (Wildman–Crippen LogP) is 5.09. The molecule has 1 aliphatic heterocycles. The van der Waals surface area contributed by atoms with Gasteiger partial charge < -0.3 is 29.1 Å². The average Bonchev–Trinajstić information content (AvgIpc) is 3.04. The van der Waals surface area contributed by atoms with Crippen molar-refractivity contribution in [2.24, 2.45) is 5.92 Å². The summed E-state index contributed by atoms with van der Waals surface area (Å²) in [5.41, 5.74) is 0.179. The molecule has 0 spiro atoms. The minimum atomic E-state index is -4.46. The van der Waals surface area contributed by atoms with Crippen molar-refractivity contribution in [3.8, 4) is 11.5 Å². The molecule has 2 aromatic carbocycles. The SMILES string of the molecule is COc1ccc(S(=O)(=O)Nc2ccc3c(c2)C(=O)N([C@@H](C)CO)C[C@@H](C)[C@H](CN(C)C(=O)CCC(F)(F)F)OCCCC[C@H](C)O3)cc1. The number of hydrogen-bond acceptors (Lipinski definition) is 8. The van der Waals surface area contributed by atoms with E-state index in [0.717, 1.165) is 0 Å². The fourth-order valence-electron chi connectivity index (χ4n) is 5.23. The number of aliphatic hydroxyl groups is 1. The Bertz CT molecular complexity index is 1470. The second-order valence-corrected chi connectivity index (χ2v) is 13.9. The number of carbonyl (C=O) groups is 2. The molecule has 0 fully saturated rings. The van der Waals surface area contributed by atoms with Crippen LogP contribution in [0.5, 0.6) is 11.5 Å². The molecule has 0 aromatic heterocycles. The predicted molar refractivity (Wildman–Crippen MR) is 174 cm³/mol. The van der Waals surface area contributed by atoms with Crippen LogP contribution in [0.25, 0.3) is 0 Å². The number of nitrogens with one attached hydrogen (secondary N) is 1. The Hall–Kier alpha value is -3.56. The topological polar surface area (TPSA) is 135 Å². The molecule has 268 valence electrons. The summed E-state index contributed by atoms with van der Waals surface area (Å²) in [6, 6.07) is 9.54. The largest absolute Gasteiger partial charge is 0.497 e. The Morgan fingerprint density at radius 2 is 1.85 bits per heavy atom. The molecule has 48 heavy (non-hydrogen) atoms. The van der Waals surface area contributed by atoms with Crippen LogP contribution in [-0.2, 0) is 19.6 Å². The van der Waals surface area contributed by atoms with Gasteiger partial charge in [0.2, 0.25) is 5.91 Å². The van der Waals surface area contributed by atoms with E-state index < -0.39 is 65.5 Å². The Morgan fingerprint density at radius 3 is 2.48 bits per heavy atom. The first-order valence-corrected chi connectivity index (χ1v) is 17.3. The fourth-order valence-corrected chi connectivity index (χ4v) is 6.28. The van der Waals surface area contributed by atoms with Crippen molar-refractivity contribution in [1.29, 1.82) is 0 Å². The van der Waals surface area contributed by atoms with E-state index in [1.165, 1.54) is 66.4 Å². The molecule has 3 rings (SSSR count). The molecule has 1 aliphatic rings. The van der Waals surface area contributed by atoms with E-state index in [2.05, 4.69) is 4.72 Å². The van der Waals surface area contributed by atoms with E-state index >= 15 is 0 Å². The van der Waals surface area contributed by atoms with Crippen LogP contribution in [0.15, 0.2) is 47.4 Å². The van der Waals surface area contributed by atoms with Gasteiger partial charge in [-0.2, -0.15) is 13.2 Å². The van der Waals surface area contributed by atoms with E-state index in [9.17, 15) is 36.3 Å². The molecule has 0 aliphatic carbocycles. The Kier molecular flexibility index (Phi) is 13.9. The third kappa shape index (κ3) is 11.3. The lowest BCUT2D eigenvalue weighted by Crippen LogP contribution is -2.48. The van der Waals surface area contributed by atoms with Crippen molar-refractivity contribution in [2.45, 2.75) is 82.2 Å². The Labute approximate surface area is 280 Å². The quantitative estimate of drug-likeness (QED) is 0.350. The van der Waals surface area contributed by atoms with Crippen LogP contribution in [0.3, 0.4) is 0 Å². The molecule has 2 amide bonds. The summed E-state index contributed by atoms with van der Waals surface area (Å²) in [5, 5.41) is 10.1. The van der Waals surface area contributed by atoms with E-state index in [4.69, 9.17) is 14.2 Å². The second-order valence-electron chi connectivity index (χ2n) is 12.2. The first-order valence-electron chi connectivity index (χ1n) is 15.9. The number of methoxy groups -OCH3 is 1. The van der Waals surface area contributed by atoms with Crippen molar-refractivity contribution >= 4 is 27.5 Å². The molecule has 0 radical (unpaired) electrons. The number of fused-ring (bicyclic) bond motifs is 1. The standard InChI is InChI=1S/C33H46F3N3O8S/c1-22-19-39(23(2)21-40)32(42)28-18-25(37-48(43,44)27-12-10-26(45-5)11-13-27)9-14-29(28)47-24(3)8-6-7-17-46-30(22)20-38(4)31(41)15-16-33(34,35)36/h9-14,18,22-24,30,37,40H,6-8,15-17,19-21H2,1-5H3/t22-,23+,24+,30+/m1/s1. The van der Waals surface area contributed by atoms with Gasteiger partial charge in [0.15, 0.2) is 0 Å². The summed E-state index contributed by atoms with van der Waals surface area (Å²) in [4.78, 5) is 29.4. The molecule has 2 aromatic rings. The van der Waals surface area contributed by atoms with Crippen LogP contribution in [0.1, 0.15) is 63.2 Å². The second kappa shape index (κ2) is 17.2. The minimum Gasteiger partial charge on any atom is -0.497 e. The molecule has 0 unspecified atom stereocenters. The zero-order chi connectivity index (χ0) is 35.6. The van der Waals surface area contributed by atoms with Gasteiger partial charge in [0.1, 0.15) is 11.5 Å². The number of amides is 2. The molecule has 11 nitrogen and oxygen atoms in total. The molecule has 4 atom stereocenters. The summed E-state index contributed by atoms with van der Waals surface area (Å²) in [6.07, 6.45) is -5.37. The van der Waals surface area contributed by atoms with Gasteiger partial charge in [-0.15, -0.1) is 0 Å². The van der Waals surface area contributed by atoms with Gasteiger partial charge in [0, 0.05) is 44.8 Å². The van der Waals surface area contributed by atoms with Gasteiger partial charge in [0.25, 0.3) is 15.9 Å². The van der Waals surface area contributed by atoms with Crippen LogP contribution >= 0.6 is 0 Å². The summed E-state index contributed by atoms with van der Waals surface area (Å²) < 4.78 is 84.6. The van der Waals surface area contributed by atoms with Gasteiger partial charge in [-0.05, 0) is 75.6 Å². The van der Waals surface area contributed by atoms with Crippen molar-refractivity contribution in [2.75, 3.05) is 45.2 Å². The average molecular weight is 702 g/mol. The molecular formula is C33H46F3N3O8S. The number of benzene rings is 2. The zero-order valence-corrected chi connectivity index (χ0v) is 28.8. The number of ether oxygens (including phenoxy) is 3. The molecule has 1 heterocycles. The lowest BCUT2D eigenvalue weighted by Gasteiger charge is -2.36. The number of aliphatic hydroxyl groups excluding tert-OH is 1. The third-order valence-electron chi connectivity index (χ3n) is 8.18. The van der Waals surface area contributed by atoms with Crippen LogP contribution in [0.2, 0.25) is 0 Å². The number of carbonyl (C=O) groups excluding carboxylic acids is 2. The van der Waals surface area contributed by atoms with Gasteiger partial charge in [-0.1, -0.05) is 6.92 Å².